The predicted molar refractivity (Wildman–Crippen MR) is 69.3 cm³/mol. The van der Waals surface area contributed by atoms with Crippen molar-refractivity contribution in [1.29, 1.82) is 0 Å². The summed E-state index contributed by atoms with van der Waals surface area (Å²) in [6.45, 7) is 0.0550. The Morgan fingerprint density at radius 2 is 2.00 bits per heavy atom. The molecule has 1 aliphatic carbocycles. The summed E-state index contributed by atoms with van der Waals surface area (Å²) in [7, 11) is 0. The van der Waals surface area contributed by atoms with Gasteiger partial charge in [-0.25, -0.2) is 4.79 Å². The number of primary amides is 1. The monoisotopic (exact) mass is 247 g/mol. The van der Waals surface area contributed by atoms with Crippen molar-refractivity contribution in [2.24, 2.45) is 5.73 Å². The molecule has 0 radical (unpaired) electrons. The second-order valence-corrected chi connectivity index (χ2v) is 4.42. The number of rotatable bonds is 3. The van der Waals surface area contributed by atoms with E-state index in [1.165, 1.54) is 24.0 Å². The molecule has 1 aromatic carbocycles. The second-order valence-electron chi connectivity index (χ2n) is 4.42. The van der Waals surface area contributed by atoms with Gasteiger partial charge in [0.15, 0.2) is 0 Å². The summed E-state index contributed by atoms with van der Waals surface area (Å²) in [5.41, 5.74) is 8.49. The third-order valence-electron chi connectivity index (χ3n) is 3.10. The van der Waals surface area contributed by atoms with Gasteiger partial charge in [0.2, 0.25) is 5.91 Å². The maximum Gasteiger partial charge on any atom is 0.318 e. The first-order chi connectivity index (χ1) is 8.66. The number of imide groups is 1. The molecule has 0 saturated heterocycles. The zero-order valence-electron chi connectivity index (χ0n) is 10.2. The quantitative estimate of drug-likeness (QED) is 0.749. The summed E-state index contributed by atoms with van der Waals surface area (Å²) in [6.07, 6.45) is 4.53. The van der Waals surface area contributed by atoms with Crippen LogP contribution in [-0.4, -0.2) is 18.5 Å². The van der Waals surface area contributed by atoms with Crippen molar-refractivity contribution in [2.75, 3.05) is 11.9 Å². The number of urea groups is 1. The number of hydrogen-bond donors (Lipinski definition) is 3. The molecular weight excluding hydrogens is 230 g/mol. The number of fused-ring (bicyclic) bond motifs is 1. The van der Waals surface area contributed by atoms with Gasteiger partial charge in [-0.2, -0.15) is 0 Å². The fourth-order valence-electron chi connectivity index (χ4n) is 2.30. The lowest BCUT2D eigenvalue weighted by Crippen LogP contribution is -2.38. The van der Waals surface area contributed by atoms with E-state index < -0.39 is 11.9 Å². The molecule has 0 aromatic heterocycles. The summed E-state index contributed by atoms with van der Waals surface area (Å²) in [5, 5.41) is 5.09. The lowest BCUT2D eigenvalue weighted by atomic mass is 9.90. The van der Waals surface area contributed by atoms with Gasteiger partial charge in [0, 0.05) is 5.69 Å². The SMILES string of the molecule is NC(=O)NC(=O)CNc1cccc2c1CCCC2. The number of nitrogens with two attached hydrogens (primary N) is 1. The van der Waals surface area contributed by atoms with Crippen LogP contribution < -0.4 is 16.4 Å². The molecule has 96 valence electrons. The number of carbonyl (C=O) groups excluding carboxylic acids is 2. The average Bonchev–Trinajstić information content (AvgIpc) is 2.35. The van der Waals surface area contributed by atoms with Gasteiger partial charge < -0.3 is 11.1 Å². The van der Waals surface area contributed by atoms with Crippen LogP contribution in [0.1, 0.15) is 24.0 Å². The van der Waals surface area contributed by atoms with Crippen LogP contribution in [0.2, 0.25) is 0 Å². The second kappa shape index (κ2) is 5.53. The first kappa shape index (κ1) is 12.4. The maximum atomic E-state index is 11.3. The third-order valence-corrected chi connectivity index (χ3v) is 3.10. The smallest absolute Gasteiger partial charge is 0.318 e. The molecule has 1 aliphatic rings. The number of amides is 3. The van der Waals surface area contributed by atoms with Crippen molar-refractivity contribution in [3.8, 4) is 0 Å². The number of nitrogens with one attached hydrogen (secondary N) is 2. The molecule has 0 heterocycles. The Kier molecular flexibility index (Phi) is 3.82. The standard InChI is InChI=1S/C13H17N3O2/c14-13(18)16-12(17)8-15-11-7-3-5-9-4-1-2-6-10(9)11/h3,5,7,15H,1-2,4,6,8H2,(H3,14,16,17,18). The predicted octanol–water partition coefficient (Wildman–Crippen LogP) is 1.17. The molecule has 0 bridgehead atoms. The van der Waals surface area contributed by atoms with Crippen molar-refractivity contribution >= 4 is 17.6 Å². The minimum atomic E-state index is -0.822. The molecule has 5 nitrogen and oxygen atoms in total. The Bertz CT molecular complexity index is 471. The number of benzene rings is 1. The van der Waals surface area contributed by atoms with E-state index in [0.29, 0.717) is 0 Å². The Labute approximate surface area is 106 Å². The van der Waals surface area contributed by atoms with Crippen LogP contribution >= 0.6 is 0 Å². The van der Waals surface area contributed by atoms with Gasteiger partial charge in [0.1, 0.15) is 0 Å². The highest BCUT2D eigenvalue weighted by Crippen LogP contribution is 2.27. The highest BCUT2D eigenvalue weighted by Gasteiger charge is 2.13. The molecule has 3 amide bonds. The molecule has 0 saturated carbocycles. The zero-order chi connectivity index (χ0) is 13.0. The molecule has 0 fully saturated rings. The molecule has 0 spiro atoms. The molecular formula is C13H17N3O2. The Morgan fingerprint density at radius 3 is 2.78 bits per heavy atom. The molecule has 0 unspecified atom stereocenters. The van der Waals surface area contributed by atoms with Gasteiger partial charge in [0.05, 0.1) is 6.54 Å². The van der Waals surface area contributed by atoms with E-state index in [9.17, 15) is 9.59 Å². The van der Waals surface area contributed by atoms with Crippen molar-refractivity contribution in [3.05, 3.63) is 29.3 Å². The number of hydrogen-bond acceptors (Lipinski definition) is 3. The van der Waals surface area contributed by atoms with Gasteiger partial charge >= 0.3 is 6.03 Å². The summed E-state index contributed by atoms with van der Waals surface area (Å²) in [4.78, 5) is 21.8. The first-order valence-corrected chi connectivity index (χ1v) is 6.11. The van der Waals surface area contributed by atoms with Crippen LogP contribution in [0, 0.1) is 0 Å². The van der Waals surface area contributed by atoms with Crippen LogP contribution in [-0.2, 0) is 17.6 Å². The lowest BCUT2D eigenvalue weighted by molar-refractivity contribution is -0.118. The van der Waals surface area contributed by atoms with Crippen LogP contribution in [0.25, 0.3) is 0 Å². The van der Waals surface area contributed by atoms with Gasteiger partial charge in [0.25, 0.3) is 0 Å². The van der Waals surface area contributed by atoms with Crippen LogP contribution in [0.3, 0.4) is 0 Å². The van der Waals surface area contributed by atoms with Crippen LogP contribution in [0.4, 0.5) is 10.5 Å². The first-order valence-electron chi connectivity index (χ1n) is 6.11. The molecule has 5 heteroatoms. The fraction of sp³-hybridized carbons (Fsp3) is 0.385. The van der Waals surface area contributed by atoms with Crippen molar-refractivity contribution in [2.45, 2.75) is 25.7 Å². The van der Waals surface area contributed by atoms with Crippen LogP contribution in [0.5, 0.6) is 0 Å². The molecule has 1 aromatic rings. The van der Waals surface area contributed by atoms with E-state index in [2.05, 4.69) is 11.4 Å². The molecule has 0 atom stereocenters. The summed E-state index contributed by atoms with van der Waals surface area (Å²) >= 11 is 0. The van der Waals surface area contributed by atoms with Gasteiger partial charge in [-0.1, -0.05) is 12.1 Å². The van der Waals surface area contributed by atoms with Crippen molar-refractivity contribution < 1.29 is 9.59 Å². The molecule has 2 rings (SSSR count). The molecule has 18 heavy (non-hydrogen) atoms. The fourth-order valence-corrected chi connectivity index (χ4v) is 2.30. The van der Waals surface area contributed by atoms with E-state index >= 15 is 0 Å². The van der Waals surface area contributed by atoms with E-state index in [-0.39, 0.29) is 6.54 Å². The molecule has 4 N–H and O–H groups in total. The lowest BCUT2D eigenvalue weighted by Gasteiger charge is -2.19. The van der Waals surface area contributed by atoms with E-state index in [1.54, 1.807) is 0 Å². The Balaban J connectivity index is 2.01. The van der Waals surface area contributed by atoms with Gasteiger partial charge in [-0.15, -0.1) is 0 Å². The average molecular weight is 247 g/mol. The summed E-state index contributed by atoms with van der Waals surface area (Å²) in [6, 6.07) is 5.25. The van der Waals surface area contributed by atoms with E-state index in [1.807, 2.05) is 17.4 Å². The zero-order valence-corrected chi connectivity index (χ0v) is 10.2. The number of aryl methyl sites for hydroxylation is 1. The largest absolute Gasteiger partial charge is 0.376 e. The van der Waals surface area contributed by atoms with E-state index in [0.717, 1.165) is 18.5 Å². The highest BCUT2D eigenvalue weighted by atomic mass is 16.2. The topological polar surface area (TPSA) is 84.2 Å². The maximum absolute atomic E-state index is 11.3. The van der Waals surface area contributed by atoms with Crippen molar-refractivity contribution in [1.82, 2.24) is 5.32 Å². The van der Waals surface area contributed by atoms with Crippen LogP contribution in [0.15, 0.2) is 18.2 Å². The summed E-state index contributed by atoms with van der Waals surface area (Å²) < 4.78 is 0. The summed E-state index contributed by atoms with van der Waals surface area (Å²) in [5.74, 6) is -0.420. The van der Waals surface area contributed by atoms with Crippen molar-refractivity contribution in [3.63, 3.8) is 0 Å². The van der Waals surface area contributed by atoms with E-state index in [4.69, 9.17) is 5.73 Å². The minimum Gasteiger partial charge on any atom is -0.376 e. The Hall–Kier alpha value is -2.04. The van der Waals surface area contributed by atoms with Gasteiger partial charge in [-0.3, -0.25) is 10.1 Å². The molecule has 0 aliphatic heterocycles. The van der Waals surface area contributed by atoms with Gasteiger partial charge in [-0.05, 0) is 42.9 Å². The number of anilines is 1. The highest BCUT2D eigenvalue weighted by molar-refractivity contribution is 5.95. The number of carbonyl (C=O) groups is 2. The minimum absolute atomic E-state index is 0.0550. The normalized spacial score (nSPS) is 13.6. The Morgan fingerprint density at radius 1 is 1.22 bits per heavy atom. The third kappa shape index (κ3) is 3.00.